The van der Waals surface area contributed by atoms with Crippen molar-refractivity contribution >= 4 is 28.5 Å². The van der Waals surface area contributed by atoms with Crippen LogP contribution in [0.1, 0.15) is 32.0 Å². The molecule has 3 aromatic carbocycles. The first-order valence-electron chi connectivity index (χ1n) is 11.4. The normalized spacial score (nSPS) is 10.8. The van der Waals surface area contributed by atoms with Crippen molar-refractivity contribution in [2.75, 3.05) is 5.32 Å². The Morgan fingerprint density at radius 1 is 0.833 bits per heavy atom. The fraction of sp³-hybridized carbons (Fsp3) is 0.0690. The lowest BCUT2D eigenvalue weighted by atomic mass is 10.1. The number of benzene rings is 3. The number of carbonyl (C=O) groups excluding carboxylic acids is 2. The lowest BCUT2D eigenvalue weighted by Gasteiger charge is -2.22. The Morgan fingerprint density at radius 3 is 2.31 bits per heavy atom. The van der Waals surface area contributed by atoms with Crippen molar-refractivity contribution in [1.29, 1.82) is 0 Å². The minimum absolute atomic E-state index is 0.0199. The first-order chi connectivity index (χ1) is 17.6. The van der Waals surface area contributed by atoms with E-state index < -0.39 is 5.91 Å². The third-order valence-electron chi connectivity index (χ3n) is 5.73. The topological polar surface area (TPSA) is 75.4 Å². The average molecular weight is 480 g/mol. The van der Waals surface area contributed by atoms with E-state index >= 15 is 0 Å². The summed E-state index contributed by atoms with van der Waals surface area (Å²) in [6.07, 6.45) is 3.34. The van der Waals surface area contributed by atoms with Gasteiger partial charge < -0.3 is 14.6 Å². The number of rotatable bonds is 7. The van der Waals surface area contributed by atoms with Gasteiger partial charge in [0.2, 0.25) is 5.76 Å². The molecular formula is C29H22FN3O3. The van der Waals surface area contributed by atoms with Gasteiger partial charge in [0.25, 0.3) is 11.8 Å². The lowest BCUT2D eigenvalue weighted by molar-refractivity contribution is 0.0701. The van der Waals surface area contributed by atoms with E-state index in [1.165, 1.54) is 12.1 Å². The summed E-state index contributed by atoms with van der Waals surface area (Å²) in [5.74, 6) is -1.10. The maximum atomic E-state index is 13.9. The predicted octanol–water partition coefficient (Wildman–Crippen LogP) is 6.06. The van der Waals surface area contributed by atoms with E-state index in [2.05, 4.69) is 10.3 Å². The first kappa shape index (κ1) is 23.0. The fourth-order valence-electron chi connectivity index (χ4n) is 3.96. The molecule has 0 bridgehead atoms. The summed E-state index contributed by atoms with van der Waals surface area (Å²) in [4.78, 5) is 32.6. The van der Waals surface area contributed by atoms with Gasteiger partial charge in [-0.25, -0.2) is 4.39 Å². The molecule has 2 heterocycles. The predicted molar refractivity (Wildman–Crippen MR) is 135 cm³/mol. The van der Waals surface area contributed by atoms with E-state index in [0.717, 1.165) is 11.1 Å². The number of nitrogens with one attached hydrogen (secondary N) is 1. The summed E-state index contributed by atoms with van der Waals surface area (Å²) in [6.45, 7) is 0.449. The number of pyridine rings is 1. The summed E-state index contributed by atoms with van der Waals surface area (Å²) in [5, 5.41) is 3.50. The van der Waals surface area contributed by atoms with Crippen molar-refractivity contribution < 1.29 is 18.4 Å². The maximum Gasteiger partial charge on any atom is 0.292 e. The third kappa shape index (κ3) is 5.00. The van der Waals surface area contributed by atoms with Crippen LogP contribution in [0.25, 0.3) is 11.0 Å². The molecule has 6 nitrogen and oxygen atoms in total. The second-order valence-corrected chi connectivity index (χ2v) is 8.27. The van der Waals surface area contributed by atoms with Crippen molar-refractivity contribution in [3.05, 3.63) is 132 Å². The third-order valence-corrected chi connectivity index (χ3v) is 5.73. The standard InChI is InChI=1S/C29H22FN3O3/c30-23-14-12-20(13-15-23)18-33(19-21-7-6-16-31-17-21)29(35)27-26(24-10-4-5-11-25(24)36-27)32-28(34)22-8-2-1-3-9-22/h1-17H,18-19H2,(H,32,34). The zero-order chi connectivity index (χ0) is 24.9. The molecule has 5 aromatic rings. The fourth-order valence-corrected chi connectivity index (χ4v) is 3.96. The van der Waals surface area contributed by atoms with Crippen LogP contribution in [0.5, 0.6) is 0 Å². The van der Waals surface area contributed by atoms with E-state index in [1.54, 1.807) is 78.0 Å². The van der Waals surface area contributed by atoms with E-state index in [4.69, 9.17) is 4.42 Å². The number of nitrogens with zero attached hydrogens (tertiary/aromatic N) is 2. The molecule has 0 saturated carbocycles. The summed E-state index contributed by atoms with van der Waals surface area (Å²) in [6, 6.07) is 25.6. The highest BCUT2D eigenvalue weighted by atomic mass is 19.1. The number of furan rings is 1. The second-order valence-electron chi connectivity index (χ2n) is 8.27. The van der Waals surface area contributed by atoms with Gasteiger partial charge in [-0.05, 0) is 53.6 Å². The van der Waals surface area contributed by atoms with Crippen LogP contribution in [-0.4, -0.2) is 21.7 Å². The Labute approximate surface area is 207 Å². The van der Waals surface area contributed by atoms with Crippen LogP contribution >= 0.6 is 0 Å². The van der Waals surface area contributed by atoms with Gasteiger partial charge in [0.05, 0.1) is 0 Å². The summed E-state index contributed by atoms with van der Waals surface area (Å²) in [7, 11) is 0. The highest BCUT2D eigenvalue weighted by molar-refractivity contribution is 6.14. The van der Waals surface area contributed by atoms with Crippen LogP contribution in [-0.2, 0) is 13.1 Å². The van der Waals surface area contributed by atoms with Crippen molar-refractivity contribution in [1.82, 2.24) is 9.88 Å². The van der Waals surface area contributed by atoms with Gasteiger partial charge in [-0.3, -0.25) is 14.6 Å². The smallest absolute Gasteiger partial charge is 0.292 e. The summed E-state index contributed by atoms with van der Waals surface area (Å²) < 4.78 is 19.5. The molecule has 0 saturated heterocycles. The maximum absolute atomic E-state index is 13.9. The molecule has 1 N–H and O–H groups in total. The Hall–Kier alpha value is -4.78. The van der Waals surface area contributed by atoms with Crippen molar-refractivity contribution in [3.8, 4) is 0 Å². The SMILES string of the molecule is O=C(Nc1c(C(=O)N(Cc2ccc(F)cc2)Cc2cccnc2)oc2ccccc12)c1ccccc1. The first-order valence-corrected chi connectivity index (χ1v) is 11.4. The molecule has 0 aliphatic carbocycles. The highest BCUT2D eigenvalue weighted by Gasteiger charge is 2.27. The van der Waals surface area contributed by atoms with E-state index in [9.17, 15) is 14.0 Å². The van der Waals surface area contributed by atoms with E-state index in [0.29, 0.717) is 22.2 Å². The quantitative estimate of drug-likeness (QED) is 0.308. The Bertz CT molecular complexity index is 1500. The molecule has 0 aliphatic rings. The lowest BCUT2D eigenvalue weighted by Crippen LogP contribution is -2.30. The van der Waals surface area contributed by atoms with Crippen molar-refractivity contribution in [2.24, 2.45) is 0 Å². The van der Waals surface area contributed by atoms with Crippen molar-refractivity contribution in [2.45, 2.75) is 13.1 Å². The molecule has 0 spiro atoms. The monoisotopic (exact) mass is 479 g/mol. The molecule has 0 radical (unpaired) electrons. The molecule has 0 atom stereocenters. The molecular weight excluding hydrogens is 457 g/mol. The van der Waals surface area contributed by atoms with Crippen LogP contribution in [0.3, 0.4) is 0 Å². The van der Waals surface area contributed by atoms with Crippen LogP contribution in [0.2, 0.25) is 0 Å². The van der Waals surface area contributed by atoms with Gasteiger partial charge in [0.15, 0.2) is 0 Å². The van der Waals surface area contributed by atoms with Gasteiger partial charge in [-0.2, -0.15) is 0 Å². The minimum atomic E-state index is -0.414. The number of hydrogen-bond acceptors (Lipinski definition) is 4. The molecule has 2 amide bonds. The van der Waals surface area contributed by atoms with Gasteiger partial charge in [-0.15, -0.1) is 0 Å². The van der Waals surface area contributed by atoms with Crippen LogP contribution < -0.4 is 5.32 Å². The average Bonchev–Trinajstić information content (AvgIpc) is 3.28. The zero-order valence-corrected chi connectivity index (χ0v) is 19.2. The molecule has 0 unspecified atom stereocenters. The summed E-state index contributed by atoms with van der Waals surface area (Å²) in [5.41, 5.74) is 2.81. The number of fused-ring (bicyclic) bond motifs is 1. The number of aromatic nitrogens is 1. The number of amides is 2. The largest absolute Gasteiger partial charge is 0.449 e. The Kier molecular flexibility index (Phi) is 6.53. The van der Waals surface area contributed by atoms with Gasteiger partial charge in [-0.1, -0.05) is 48.5 Å². The molecule has 36 heavy (non-hydrogen) atoms. The van der Waals surface area contributed by atoms with Gasteiger partial charge in [0.1, 0.15) is 17.1 Å². The van der Waals surface area contributed by atoms with Crippen molar-refractivity contribution in [3.63, 3.8) is 0 Å². The molecule has 0 aliphatic heterocycles. The molecule has 7 heteroatoms. The van der Waals surface area contributed by atoms with E-state index in [1.807, 2.05) is 18.2 Å². The number of halogens is 1. The van der Waals surface area contributed by atoms with Gasteiger partial charge in [0, 0.05) is 36.4 Å². The van der Waals surface area contributed by atoms with Crippen LogP contribution in [0.4, 0.5) is 10.1 Å². The Balaban J connectivity index is 1.53. The van der Waals surface area contributed by atoms with Crippen LogP contribution in [0, 0.1) is 5.82 Å². The van der Waals surface area contributed by atoms with E-state index in [-0.39, 0.29) is 30.6 Å². The number of hydrogen-bond donors (Lipinski definition) is 1. The molecule has 5 rings (SSSR count). The zero-order valence-electron chi connectivity index (χ0n) is 19.2. The van der Waals surface area contributed by atoms with Gasteiger partial charge >= 0.3 is 0 Å². The number of para-hydroxylation sites is 1. The minimum Gasteiger partial charge on any atom is -0.449 e. The molecule has 2 aromatic heterocycles. The number of carbonyl (C=O) groups is 2. The number of anilines is 1. The summed E-state index contributed by atoms with van der Waals surface area (Å²) >= 11 is 0. The van der Waals surface area contributed by atoms with Crippen LogP contribution in [0.15, 0.2) is 108 Å². The molecule has 178 valence electrons. The molecule has 0 fully saturated rings. The second kappa shape index (κ2) is 10.2. The highest BCUT2D eigenvalue weighted by Crippen LogP contribution is 2.33. The Morgan fingerprint density at radius 2 is 1.56 bits per heavy atom.